The zero-order valence-electron chi connectivity index (χ0n) is 11.0. The molecule has 0 heterocycles. The van der Waals surface area contributed by atoms with Crippen LogP contribution >= 0.6 is 0 Å². The minimum atomic E-state index is 0.179. The molecule has 0 aromatic heterocycles. The molecule has 0 fully saturated rings. The Kier molecular flexibility index (Phi) is 3.88. The molecule has 2 aromatic carbocycles. The molecule has 0 aliphatic carbocycles. The Morgan fingerprint density at radius 1 is 0.944 bits per heavy atom. The maximum Gasteiger partial charge on any atom is 0.126 e. The van der Waals surface area contributed by atoms with E-state index >= 15 is 0 Å². The molecule has 0 spiro atoms. The predicted octanol–water partition coefficient (Wildman–Crippen LogP) is 4.15. The van der Waals surface area contributed by atoms with E-state index in [0.29, 0.717) is 0 Å². The maximum atomic E-state index is 5.71. The molecular weight excluding hydrogens is 224 g/mol. The fourth-order valence-corrected chi connectivity index (χ4v) is 1.89. The first-order chi connectivity index (χ1) is 8.70. The van der Waals surface area contributed by atoms with Crippen LogP contribution in [-0.2, 0) is 0 Å². The molecule has 2 heteroatoms. The van der Waals surface area contributed by atoms with E-state index in [1.54, 1.807) is 7.11 Å². The first kappa shape index (κ1) is 12.5. The van der Waals surface area contributed by atoms with E-state index in [-0.39, 0.29) is 6.10 Å². The summed E-state index contributed by atoms with van der Waals surface area (Å²) in [5.74, 6) is 1.76. The molecule has 0 bridgehead atoms. The van der Waals surface area contributed by atoms with Gasteiger partial charge in [0.1, 0.15) is 11.5 Å². The van der Waals surface area contributed by atoms with Crippen LogP contribution in [0.4, 0.5) is 0 Å². The SMILES string of the molecule is COc1ccccc1-c1cccc(OC(C)C)c1. The molecule has 2 nitrogen and oxygen atoms in total. The van der Waals surface area contributed by atoms with Crippen molar-refractivity contribution >= 4 is 0 Å². The summed E-state index contributed by atoms with van der Waals surface area (Å²) in [5.41, 5.74) is 2.18. The number of para-hydroxylation sites is 1. The van der Waals surface area contributed by atoms with Crippen molar-refractivity contribution in [3.05, 3.63) is 48.5 Å². The Morgan fingerprint density at radius 3 is 2.44 bits per heavy atom. The normalized spacial score (nSPS) is 10.4. The van der Waals surface area contributed by atoms with E-state index in [0.717, 1.165) is 22.6 Å². The highest BCUT2D eigenvalue weighted by molar-refractivity contribution is 5.71. The average molecular weight is 242 g/mol. The molecule has 0 aliphatic heterocycles. The number of rotatable bonds is 4. The van der Waals surface area contributed by atoms with Crippen molar-refractivity contribution in [3.63, 3.8) is 0 Å². The summed E-state index contributed by atoms with van der Waals surface area (Å²) in [6.45, 7) is 4.05. The van der Waals surface area contributed by atoms with Crippen LogP contribution in [0.25, 0.3) is 11.1 Å². The Balaban J connectivity index is 2.38. The van der Waals surface area contributed by atoms with E-state index in [2.05, 4.69) is 6.07 Å². The van der Waals surface area contributed by atoms with Crippen LogP contribution in [0.3, 0.4) is 0 Å². The maximum absolute atomic E-state index is 5.71. The van der Waals surface area contributed by atoms with Gasteiger partial charge < -0.3 is 9.47 Å². The van der Waals surface area contributed by atoms with Crippen LogP contribution in [0.5, 0.6) is 11.5 Å². The highest BCUT2D eigenvalue weighted by Gasteiger charge is 2.06. The van der Waals surface area contributed by atoms with Crippen molar-refractivity contribution in [1.82, 2.24) is 0 Å². The largest absolute Gasteiger partial charge is 0.496 e. The van der Waals surface area contributed by atoms with Gasteiger partial charge in [0.15, 0.2) is 0 Å². The fraction of sp³-hybridized carbons (Fsp3) is 0.250. The smallest absolute Gasteiger partial charge is 0.126 e. The van der Waals surface area contributed by atoms with Crippen molar-refractivity contribution in [1.29, 1.82) is 0 Å². The fourth-order valence-electron chi connectivity index (χ4n) is 1.89. The lowest BCUT2D eigenvalue weighted by Gasteiger charge is -2.12. The molecule has 2 rings (SSSR count). The average Bonchev–Trinajstić information content (AvgIpc) is 2.38. The summed E-state index contributed by atoms with van der Waals surface area (Å²) in [6, 6.07) is 16.1. The Hall–Kier alpha value is -1.96. The van der Waals surface area contributed by atoms with Gasteiger partial charge in [-0.05, 0) is 37.6 Å². The van der Waals surface area contributed by atoms with Gasteiger partial charge in [-0.2, -0.15) is 0 Å². The van der Waals surface area contributed by atoms with Gasteiger partial charge in [-0.15, -0.1) is 0 Å². The van der Waals surface area contributed by atoms with Crippen molar-refractivity contribution in [3.8, 4) is 22.6 Å². The van der Waals surface area contributed by atoms with Crippen LogP contribution < -0.4 is 9.47 Å². The van der Waals surface area contributed by atoms with Gasteiger partial charge >= 0.3 is 0 Å². The van der Waals surface area contributed by atoms with E-state index in [9.17, 15) is 0 Å². The molecular formula is C16H18O2. The molecule has 0 radical (unpaired) electrons. The van der Waals surface area contributed by atoms with Crippen molar-refractivity contribution < 1.29 is 9.47 Å². The third kappa shape index (κ3) is 2.83. The molecule has 0 N–H and O–H groups in total. The lowest BCUT2D eigenvalue weighted by atomic mass is 10.0. The Morgan fingerprint density at radius 2 is 1.72 bits per heavy atom. The first-order valence-electron chi connectivity index (χ1n) is 6.11. The van der Waals surface area contributed by atoms with E-state index in [1.165, 1.54) is 0 Å². The van der Waals surface area contributed by atoms with E-state index < -0.39 is 0 Å². The lowest BCUT2D eigenvalue weighted by Crippen LogP contribution is -2.05. The third-order valence-corrected chi connectivity index (χ3v) is 2.62. The molecule has 2 aromatic rings. The molecule has 18 heavy (non-hydrogen) atoms. The summed E-state index contributed by atoms with van der Waals surface area (Å²) in [7, 11) is 1.69. The van der Waals surface area contributed by atoms with Crippen molar-refractivity contribution in [2.75, 3.05) is 7.11 Å². The van der Waals surface area contributed by atoms with Gasteiger partial charge in [0.2, 0.25) is 0 Å². The minimum Gasteiger partial charge on any atom is -0.496 e. The number of ether oxygens (including phenoxy) is 2. The Labute approximate surface area is 108 Å². The van der Waals surface area contributed by atoms with Gasteiger partial charge in [0.05, 0.1) is 13.2 Å². The number of hydrogen-bond donors (Lipinski definition) is 0. The second-order valence-corrected chi connectivity index (χ2v) is 4.39. The van der Waals surface area contributed by atoms with Crippen molar-refractivity contribution in [2.24, 2.45) is 0 Å². The second kappa shape index (κ2) is 5.58. The summed E-state index contributed by atoms with van der Waals surface area (Å²) in [6.07, 6.45) is 0.179. The topological polar surface area (TPSA) is 18.5 Å². The summed E-state index contributed by atoms with van der Waals surface area (Å²) in [5, 5.41) is 0. The molecule has 94 valence electrons. The quantitative estimate of drug-likeness (QED) is 0.801. The van der Waals surface area contributed by atoms with Crippen LogP contribution in [0, 0.1) is 0 Å². The monoisotopic (exact) mass is 242 g/mol. The standard InChI is InChI=1S/C16H18O2/c1-12(2)18-14-8-6-7-13(11-14)15-9-4-5-10-16(15)17-3/h4-12H,1-3H3. The van der Waals surface area contributed by atoms with E-state index in [4.69, 9.17) is 9.47 Å². The highest BCUT2D eigenvalue weighted by atomic mass is 16.5. The second-order valence-electron chi connectivity index (χ2n) is 4.39. The molecule has 0 aliphatic rings. The van der Waals surface area contributed by atoms with E-state index in [1.807, 2.05) is 56.3 Å². The third-order valence-electron chi connectivity index (χ3n) is 2.62. The lowest BCUT2D eigenvalue weighted by molar-refractivity contribution is 0.242. The number of hydrogen-bond acceptors (Lipinski definition) is 2. The molecule has 0 saturated carbocycles. The summed E-state index contributed by atoms with van der Waals surface area (Å²) < 4.78 is 11.1. The summed E-state index contributed by atoms with van der Waals surface area (Å²) >= 11 is 0. The zero-order chi connectivity index (χ0) is 13.0. The van der Waals surface area contributed by atoms with Gasteiger partial charge in [-0.3, -0.25) is 0 Å². The van der Waals surface area contributed by atoms with Gasteiger partial charge in [-0.25, -0.2) is 0 Å². The molecule has 0 atom stereocenters. The van der Waals surface area contributed by atoms with Crippen LogP contribution in [-0.4, -0.2) is 13.2 Å². The number of benzene rings is 2. The molecule has 0 unspecified atom stereocenters. The predicted molar refractivity (Wildman–Crippen MR) is 74.2 cm³/mol. The van der Waals surface area contributed by atoms with Crippen LogP contribution in [0.2, 0.25) is 0 Å². The van der Waals surface area contributed by atoms with Gasteiger partial charge in [0.25, 0.3) is 0 Å². The molecule has 0 amide bonds. The van der Waals surface area contributed by atoms with Gasteiger partial charge in [-0.1, -0.05) is 30.3 Å². The van der Waals surface area contributed by atoms with Crippen molar-refractivity contribution in [2.45, 2.75) is 20.0 Å². The highest BCUT2D eigenvalue weighted by Crippen LogP contribution is 2.31. The first-order valence-corrected chi connectivity index (χ1v) is 6.11. The zero-order valence-corrected chi connectivity index (χ0v) is 11.0. The number of methoxy groups -OCH3 is 1. The van der Waals surface area contributed by atoms with Gasteiger partial charge in [0, 0.05) is 5.56 Å². The minimum absolute atomic E-state index is 0.179. The van der Waals surface area contributed by atoms with Crippen LogP contribution in [0.1, 0.15) is 13.8 Å². The molecule has 0 saturated heterocycles. The Bertz CT molecular complexity index is 518. The summed E-state index contributed by atoms with van der Waals surface area (Å²) in [4.78, 5) is 0. The van der Waals surface area contributed by atoms with Crippen LogP contribution in [0.15, 0.2) is 48.5 Å².